The Morgan fingerprint density at radius 2 is 1.91 bits per heavy atom. The zero-order valence-electron chi connectivity index (χ0n) is 18.3. The lowest BCUT2D eigenvalue weighted by atomic mass is 10.1. The third-order valence-electron chi connectivity index (χ3n) is 5.52. The van der Waals surface area contributed by atoms with E-state index in [-0.39, 0.29) is 17.3 Å². The van der Waals surface area contributed by atoms with Crippen LogP contribution in [0.4, 0.5) is 10.6 Å². The summed E-state index contributed by atoms with van der Waals surface area (Å²) in [5.74, 6) is 0.0361. The fourth-order valence-corrected chi connectivity index (χ4v) is 3.79. The van der Waals surface area contributed by atoms with Crippen molar-refractivity contribution in [2.45, 2.75) is 32.7 Å². The van der Waals surface area contributed by atoms with Crippen molar-refractivity contribution >= 4 is 22.9 Å². The van der Waals surface area contributed by atoms with Crippen LogP contribution in [0, 0.1) is 0 Å². The Morgan fingerprint density at radius 3 is 2.59 bits per heavy atom. The number of aromatic nitrogens is 4. The molecule has 1 saturated heterocycles. The number of nitrogen functional groups attached to an aromatic ring is 1. The predicted molar refractivity (Wildman–Crippen MR) is 121 cm³/mol. The third kappa shape index (κ3) is 4.97. The zero-order valence-corrected chi connectivity index (χ0v) is 18.3. The Morgan fingerprint density at radius 1 is 1.19 bits per heavy atom. The molecule has 0 atom stereocenters. The first-order chi connectivity index (χ1) is 15.5. The molecule has 0 saturated carbocycles. The molecule has 4 N–H and O–H groups in total. The average Bonchev–Trinajstić information content (AvgIpc) is 3.15. The van der Waals surface area contributed by atoms with Crippen LogP contribution >= 0.6 is 0 Å². The quantitative estimate of drug-likeness (QED) is 0.452. The Bertz CT molecular complexity index is 1080. The number of piperazine rings is 1. The van der Waals surface area contributed by atoms with Gasteiger partial charge in [0, 0.05) is 39.1 Å². The predicted octanol–water partition coefficient (Wildman–Crippen LogP) is 2.11. The molecule has 0 radical (unpaired) electrons. The van der Waals surface area contributed by atoms with E-state index < -0.39 is 6.09 Å². The SMILES string of the molecule is CCCCOc1nc(N)c2c(n1)c(Cc1ccc(CN3CCNCC3)cc1)nn2C(=O)O. The summed E-state index contributed by atoms with van der Waals surface area (Å²) in [7, 11) is 0. The number of carboxylic acid groups (broad SMARTS) is 1. The lowest BCUT2D eigenvalue weighted by molar-refractivity contribution is 0.194. The maximum atomic E-state index is 11.7. The molecule has 1 aliphatic rings. The van der Waals surface area contributed by atoms with Crippen molar-refractivity contribution in [2.75, 3.05) is 38.5 Å². The van der Waals surface area contributed by atoms with E-state index in [1.807, 2.05) is 12.1 Å². The first kappa shape index (κ1) is 22.0. The molecule has 0 spiro atoms. The molecule has 170 valence electrons. The molecule has 2 aromatic heterocycles. The number of ether oxygens (including phenoxy) is 1. The van der Waals surface area contributed by atoms with Gasteiger partial charge in [-0.3, -0.25) is 4.90 Å². The smallest absolute Gasteiger partial charge is 0.432 e. The first-order valence-electron chi connectivity index (χ1n) is 11.0. The number of hydrogen-bond acceptors (Lipinski definition) is 8. The molecule has 3 heterocycles. The van der Waals surface area contributed by atoms with Crippen LogP contribution in [0.5, 0.6) is 6.01 Å². The van der Waals surface area contributed by atoms with Gasteiger partial charge in [-0.05, 0) is 17.5 Å². The van der Waals surface area contributed by atoms with Gasteiger partial charge in [0.15, 0.2) is 5.82 Å². The van der Waals surface area contributed by atoms with Crippen LogP contribution < -0.4 is 15.8 Å². The van der Waals surface area contributed by atoms with Crippen LogP contribution in [0.3, 0.4) is 0 Å². The number of nitrogens with one attached hydrogen (secondary N) is 1. The van der Waals surface area contributed by atoms with Gasteiger partial charge < -0.3 is 20.9 Å². The maximum absolute atomic E-state index is 11.7. The summed E-state index contributed by atoms with van der Waals surface area (Å²) in [6.45, 7) is 7.58. The third-order valence-corrected chi connectivity index (χ3v) is 5.52. The van der Waals surface area contributed by atoms with E-state index in [0.717, 1.165) is 55.8 Å². The van der Waals surface area contributed by atoms with Crippen molar-refractivity contribution in [2.24, 2.45) is 0 Å². The van der Waals surface area contributed by atoms with Gasteiger partial charge in [-0.1, -0.05) is 37.6 Å². The highest BCUT2D eigenvalue weighted by Crippen LogP contribution is 2.26. The van der Waals surface area contributed by atoms with Crippen LogP contribution in [0.15, 0.2) is 24.3 Å². The standard InChI is InChI=1S/C22H29N7O3/c1-2-3-12-32-21-25-18-17(27-29(22(30)31)19(18)20(23)26-21)13-15-4-6-16(7-5-15)14-28-10-8-24-9-11-28/h4-7,24H,2-3,8-14H2,1H3,(H,30,31)(H2,23,25,26). The number of hydrogen-bond donors (Lipinski definition) is 3. The summed E-state index contributed by atoms with van der Waals surface area (Å²) < 4.78 is 6.44. The van der Waals surface area contributed by atoms with Gasteiger partial charge in [-0.25, -0.2) is 4.79 Å². The minimum atomic E-state index is -1.23. The topological polar surface area (TPSA) is 131 Å². The number of fused-ring (bicyclic) bond motifs is 1. The molecule has 1 aliphatic heterocycles. The molecular weight excluding hydrogens is 410 g/mol. The van der Waals surface area contributed by atoms with E-state index >= 15 is 0 Å². The monoisotopic (exact) mass is 439 g/mol. The van der Waals surface area contributed by atoms with Crippen molar-refractivity contribution in [3.8, 4) is 6.01 Å². The second kappa shape index (κ2) is 9.92. The van der Waals surface area contributed by atoms with Gasteiger partial charge in [0.25, 0.3) is 0 Å². The van der Waals surface area contributed by atoms with Crippen molar-refractivity contribution in [3.63, 3.8) is 0 Å². The number of carbonyl (C=O) groups is 1. The van der Waals surface area contributed by atoms with Crippen LogP contribution in [0.1, 0.15) is 36.6 Å². The molecule has 32 heavy (non-hydrogen) atoms. The average molecular weight is 440 g/mol. The number of nitrogens with two attached hydrogens (primary N) is 1. The number of rotatable bonds is 8. The largest absolute Gasteiger partial charge is 0.463 e. The van der Waals surface area contributed by atoms with E-state index in [1.165, 1.54) is 5.56 Å². The second-order valence-corrected chi connectivity index (χ2v) is 7.95. The molecule has 3 aromatic rings. The molecule has 0 bridgehead atoms. The van der Waals surface area contributed by atoms with Gasteiger partial charge in [-0.2, -0.15) is 19.7 Å². The van der Waals surface area contributed by atoms with Crippen LogP contribution in [0.2, 0.25) is 0 Å². The summed E-state index contributed by atoms with van der Waals surface area (Å²) in [5, 5.41) is 17.2. The maximum Gasteiger partial charge on any atom is 0.432 e. The minimum Gasteiger partial charge on any atom is -0.463 e. The van der Waals surface area contributed by atoms with Gasteiger partial charge in [-0.15, -0.1) is 0 Å². The fourth-order valence-electron chi connectivity index (χ4n) is 3.79. The zero-order chi connectivity index (χ0) is 22.5. The highest BCUT2D eigenvalue weighted by molar-refractivity contribution is 5.93. The van der Waals surface area contributed by atoms with Crippen molar-refractivity contribution in [3.05, 3.63) is 41.1 Å². The number of benzene rings is 1. The molecule has 0 amide bonds. The lowest BCUT2D eigenvalue weighted by Gasteiger charge is -2.27. The van der Waals surface area contributed by atoms with E-state index in [1.54, 1.807) is 0 Å². The number of anilines is 1. The molecule has 1 fully saturated rings. The van der Waals surface area contributed by atoms with Gasteiger partial charge >= 0.3 is 12.1 Å². The van der Waals surface area contributed by atoms with Gasteiger partial charge in [0.2, 0.25) is 0 Å². The summed E-state index contributed by atoms with van der Waals surface area (Å²) in [4.78, 5) is 22.7. The first-order valence-corrected chi connectivity index (χ1v) is 11.0. The van der Waals surface area contributed by atoms with Crippen molar-refractivity contribution in [1.82, 2.24) is 30.0 Å². The Labute approximate surface area is 186 Å². The molecule has 1 aromatic carbocycles. The van der Waals surface area contributed by atoms with Crippen LogP contribution in [0.25, 0.3) is 11.0 Å². The lowest BCUT2D eigenvalue weighted by Crippen LogP contribution is -2.42. The van der Waals surface area contributed by atoms with E-state index in [9.17, 15) is 9.90 Å². The molecule has 10 nitrogen and oxygen atoms in total. The van der Waals surface area contributed by atoms with Gasteiger partial charge in [0.1, 0.15) is 11.0 Å². The van der Waals surface area contributed by atoms with Crippen molar-refractivity contribution in [1.29, 1.82) is 0 Å². The second-order valence-electron chi connectivity index (χ2n) is 7.95. The normalized spacial score (nSPS) is 14.7. The minimum absolute atomic E-state index is 0.0361. The molecule has 0 aliphatic carbocycles. The molecule has 0 unspecified atom stereocenters. The summed E-state index contributed by atoms with van der Waals surface area (Å²) in [6, 6.07) is 8.45. The van der Waals surface area contributed by atoms with Gasteiger partial charge in [0.05, 0.1) is 12.3 Å². The highest BCUT2D eigenvalue weighted by Gasteiger charge is 2.21. The fraction of sp³-hybridized carbons (Fsp3) is 0.455. The van der Waals surface area contributed by atoms with E-state index in [2.05, 4.69) is 44.3 Å². The number of nitrogens with zero attached hydrogens (tertiary/aromatic N) is 5. The summed E-state index contributed by atoms with van der Waals surface area (Å²) in [5.41, 5.74) is 9.41. The highest BCUT2D eigenvalue weighted by atomic mass is 16.5. The molecular formula is C22H29N7O3. The number of unbranched alkanes of at least 4 members (excludes halogenated alkanes) is 1. The Kier molecular flexibility index (Phi) is 6.81. The summed E-state index contributed by atoms with van der Waals surface area (Å²) in [6.07, 6.45) is 1.03. The Hall–Kier alpha value is -3.24. The summed E-state index contributed by atoms with van der Waals surface area (Å²) >= 11 is 0. The van der Waals surface area contributed by atoms with Crippen LogP contribution in [-0.2, 0) is 13.0 Å². The van der Waals surface area contributed by atoms with Crippen molar-refractivity contribution < 1.29 is 14.6 Å². The van der Waals surface area contributed by atoms with E-state index in [4.69, 9.17) is 10.5 Å². The Balaban J connectivity index is 1.57. The molecule has 4 rings (SSSR count). The van der Waals surface area contributed by atoms with Crippen LogP contribution in [-0.4, -0.2) is 68.6 Å². The van der Waals surface area contributed by atoms with E-state index in [0.29, 0.717) is 24.2 Å². The molecule has 10 heteroatoms.